The van der Waals surface area contributed by atoms with Crippen LogP contribution in [0.5, 0.6) is 5.88 Å². The second kappa shape index (κ2) is 11.0. The van der Waals surface area contributed by atoms with Gasteiger partial charge >= 0.3 is 0 Å². The zero-order valence-electron chi connectivity index (χ0n) is 15.2. The minimum absolute atomic E-state index is 0.0148. The highest BCUT2D eigenvalue weighted by molar-refractivity contribution is 7.12. The fourth-order valence-electron chi connectivity index (χ4n) is 2.63. The SMILES string of the molecule is CN(C)CCCCCCCCOc1ncccc1C(=O)c1cccs1. The van der Waals surface area contributed by atoms with Gasteiger partial charge in [0, 0.05) is 6.20 Å². The van der Waals surface area contributed by atoms with E-state index in [0.717, 1.165) is 17.7 Å². The lowest BCUT2D eigenvalue weighted by Gasteiger charge is -2.09. The van der Waals surface area contributed by atoms with Crippen LogP contribution in [0.1, 0.15) is 53.8 Å². The zero-order valence-corrected chi connectivity index (χ0v) is 16.1. The maximum atomic E-state index is 12.5. The average molecular weight is 361 g/mol. The first-order valence-corrected chi connectivity index (χ1v) is 9.87. The molecule has 4 nitrogen and oxygen atoms in total. The molecule has 2 aromatic heterocycles. The largest absolute Gasteiger partial charge is 0.477 e. The van der Waals surface area contributed by atoms with E-state index in [9.17, 15) is 4.79 Å². The Balaban J connectivity index is 1.69. The van der Waals surface area contributed by atoms with Crippen molar-refractivity contribution >= 4 is 17.1 Å². The van der Waals surface area contributed by atoms with Crippen LogP contribution < -0.4 is 4.74 Å². The number of carbonyl (C=O) groups is 1. The molecular weight excluding hydrogens is 332 g/mol. The summed E-state index contributed by atoms with van der Waals surface area (Å²) in [6.45, 7) is 1.78. The van der Waals surface area contributed by atoms with Gasteiger partial charge in [0.2, 0.25) is 11.7 Å². The van der Waals surface area contributed by atoms with Gasteiger partial charge < -0.3 is 9.64 Å². The average Bonchev–Trinajstić information content (AvgIpc) is 3.14. The molecule has 0 unspecified atom stereocenters. The summed E-state index contributed by atoms with van der Waals surface area (Å²) in [5, 5.41) is 1.91. The minimum atomic E-state index is -0.0148. The van der Waals surface area contributed by atoms with Crippen molar-refractivity contribution in [3.05, 3.63) is 46.3 Å². The number of carbonyl (C=O) groups excluding carboxylic acids is 1. The van der Waals surface area contributed by atoms with Gasteiger partial charge in [-0.2, -0.15) is 0 Å². The second-order valence-electron chi connectivity index (χ2n) is 6.44. The predicted molar refractivity (Wildman–Crippen MR) is 104 cm³/mol. The normalized spacial score (nSPS) is 11.0. The standard InChI is InChI=1S/C20H28N2O2S/c1-22(2)14-7-5-3-4-6-8-15-24-20-17(11-9-13-21-20)19(23)18-12-10-16-25-18/h9-13,16H,3-8,14-15H2,1-2H3. The Morgan fingerprint density at radius 1 is 1.08 bits per heavy atom. The van der Waals surface area contributed by atoms with Crippen LogP contribution in [0.4, 0.5) is 0 Å². The fourth-order valence-corrected chi connectivity index (χ4v) is 3.30. The zero-order chi connectivity index (χ0) is 17.9. The van der Waals surface area contributed by atoms with Crippen LogP contribution in [0.25, 0.3) is 0 Å². The molecule has 25 heavy (non-hydrogen) atoms. The van der Waals surface area contributed by atoms with Crippen molar-refractivity contribution in [3.63, 3.8) is 0 Å². The molecule has 2 aromatic rings. The monoisotopic (exact) mass is 360 g/mol. The maximum Gasteiger partial charge on any atom is 0.224 e. The topological polar surface area (TPSA) is 42.4 Å². The van der Waals surface area contributed by atoms with Crippen LogP contribution in [0.3, 0.4) is 0 Å². The number of hydrogen-bond acceptors (Lipinski definition) is 5. The van der Waals surface area contributed by atoms with E-state index < -0.39 is 0 Å². The summed E-state index contributed by atoms with van der Waals surface area (Å²) >= 11 is 1.44. The predicted octanol–water partition coefficient (Wildman–Crippen LogP) is 4.66. The summed E-state index contributed by atoms with van der Waals surface area (Å²) in [7, 11) is 4.23. The molecule has 0 amide bonds. The van der Waals surface area contributed by atoms with Gasteiger partial charge in [-0.15, -0.1) is 11.3 Å². The summed E-state index contributed by atoms with van der Waals surface area (Å²) in [4.78, 5) is 19.7. The lowest BCUT2D eigenvalue weighted by atomic mass is 10.1. The molecule has 0 aliphatic heterocycles. The molecule has 0 saturated heterocycles. The van der Waals surface area contributed by atoms with Gasteiger partial charge in [-0.25, -0.2) is 4.98 Å². The first-order chi connectivity index (χ1) is 12.2. The van der Waals surface area contributed by atoms with E-state index in [1.807, 2.05) is 17.5 Å². The number of unbranched alkanes of at least 4 members (excludes halogenated alkanes) is 5. The van der Waals surface area contributed by atoms with Crippen LogP contribution >= 0.6 is 11.3 Å². The Hall–Kier alpha value is -1.72. The van der Waals surface area contributed by atoms with Gasteiger partial charge in [-0.3, -0.25) is 4.79 Å². The molecule has 0 spiro atoms. The van der Waals surface area contributed by atoms with Gasteiger partial charge in [0.05, 0.1) is 17.0 Å². The van der Waals surface area contributed by atoms with Crippen LogP contribution in [-0.4, -0.2) is 42.9 Å². The number of pyridine rings is 1. The van der Waals surface area contributed by atoms with Crippen molar-refractivity contribution in [2.24, 2.45) is 0 Å². The molecule has 2 rings (SSSR count). The van der Waals surface area contributed by atoms with Gasteiger partial charge in [0.25, 0.3) is 0 Å². The van der Waals surface area contributed by atoms with Crippen LogP contribution in [0, 0.1) is 0 Å². The number of nitrogens with zero attached hydrogens (tertiary/aromatic N) is 2. The molecule has 0 atom stereocenters. The molecule has 5 heteroatoms. The molecule has 0 aromatic carbocycles. The van der Waals surface area contributed by atoms with E-state index in [4.69, 9.17) is 4.74 Å². The lowest BCUT2D eigenvalue weighted by molar-refractivity contribution is 0.103. The number of ether oxygens (including phenoxy) is 1. The van der Waals surface area contributed by atoms with Crippen LogP contribution in [-0.2, 0) is 0 Å². The van der Waals surface area contributed by atoms with Crippen molar-refractivity contribution in [2.45, 2.75) is 38.5 Å². The molecule has 0 N–H and O–H groups in total. The summed E-state index contributed by atoms with van der Waals surface area (Å²) in [5.74, 6) is 0.436. The van der Waals surface area contributed by atoms with Crippen LogP contribution in [0.15, 0.2) is 35.8 Å². The van der Waals surface area contributed by atoms with E-state index in [-0.39, 0.29) is 5.78 Å². The Morgan fingerprint density at radius 2 is 1.84 bits per heavy atom. The van der Waals surface area contributed by atoms with Crippen molar-refractivity contribution in [1.82, 2.24) is 9.88 Å². The molecule has 0 bridgehead atoms. The van der Waals surface area contributed by atoms with Crippen LogP contribution in [0.2, 0.25) is 0 Å². The molecule has 0 radical (unpaired) electrons. The fraction of sp³-hybridized carbons (Fsp3) is 0.500. The summed E-state index contributed by atoms with van der Waals surface area (Å²) in [6, 6.07) is 7.28. The molecule has 0 aliphatic rings. The number of rotatable bonds is 12. The first-order valence-electron chi connectivity index (χ1n) is 8.99. The summed E-state index contributed by atoms with van der Waals surface area (Å²) < 4.78 is 5.78. The van der Waals surface area contributed by atoms with Gasteiger partial charge in [0.15, 0.2) is 0 Å². The lowest BCUT2D eigenvalue weighted by Crippen LogP contribution is -2.12. The Labute approximate surface area is 154 Å². The van der Waals surface area contributed by atoms with E-state index >= 15 is 0 Å². The number of ketones is 1. The third kappa shape index (κ3) is 6.96. The first kappa shape index (κ1) is 19.6. The molecule has 0 saturated carbocycles. The van der Waals surface area contributed by atoms with Gasteiger partial charge in [-0.05, 0) is 57.1 Å². The van der Waals surface area contributed by atoms with Crippen molar-refractivity contribution in [3.8, 4) is 5.88 Å². The third-order valence-corrected chi connectivity index (χ3v) is 4.87. The molecule has 0 fully saturated rings. The van der Waals surface area contributed by atoms with Crippen molar-refractivity contribution < 1.29 is 9.53 Å². The summed E-state index contributed by atoms with van der Waals surface area (Å²) in [6.07, 6.45) is 8.90. The smallest absolute Gasteiger partial charge is 0.224 e. The highest BCUT2D eigenvalue weighted by Gasteiger charge is 2.16. The van der Waals surface area contributed by atoms with E-state index in [2.05, 4.69) is 24.0 Å². The Morgan fingerprint density at radius 3 is 2.56 bits per heavy atom. The van der Waals surface area contributed by atoms with E-state index in [1.54, 1.807) is 18.3 Å². The molecule has 136 valence electrons. The third-order valence-electron chi connectivity index (χ3n) is 4.00. The molecular formula is C20H28N2O2S. The van der Waals surface area contributed by atoms with E-state index in [1.165, 1.54) is 43.6 Å². The maximum absolute atomic E-state index is 12.5. The number of hydrogen-bond donors (Lipinski definition) is 0. The van der Waals surface area contributed by atoms with Crippen molar-refractivity contribution in [2.75, 3.05) is 27.2 Å². The minimum Gasteiger partial charge on any atom is -0.477 e. The quantitative estimate of drug-likeness (QED) is 0.408. The summed E-state index contributed by atoms with van der Waals surface area (Å²) in [5.41, 5.74) is 0.550. The highest BCUT2D eigenvalue weighted by atomic mass is 32.1. The van der Waals surface area contributed by atoms with Crippen molar-refractivity contribution in [1.29, 1.82) is 0 Å². The molecule has 0 aliphatic carbocycles. The second-order valence-corrected chi connectivity index (χ2v) is 7.38. The highest BCUT2D eigenvalue weighted by Crippen LogP contribution is 2.21. The Kier molecular flexibility index (Phi) is 8.63. The molecule has 2 heterocycles. The number of aromatic nitrogens is 1. The van der Waals surface area contributed by atoms with Gasteiger partial charge in [0.1, 0.15) is 0 Å². The Bertz CT molecular complexity index is 626. The number of thiophene rings is 1. The van der Waals surface area contributed by atoms with E-state index in [0.29, 0.717) is 18.1 Å². The van der Waals surface area contributed by atoms with Gasteiger partial charge in [-0.1, -0.05) is 31.7 Å².